The number of halogens is 1. The van der Waals surface area contributed by atoms with E-state index in [-0.39, 0.29) is 39.4 Å². The number of nitrogens with zero attached hydrogens (tertiary/aromatic N) is 28. The molecule has 8 aromatic rings. The molecule has 0 aromatic carbocycles. The van der Waals surface area contributed by atoms with E-state index in [1.165, 1.54) is 71.7 Å². The van der Waals surface area contributed by atoms with E-state index in [0.717, 1.165) is 218 Å². The summed E-state index contributed by atoms with van der Waals surface area (Å²) < 4.78 is 22.6. The summed E-state index contributed by atoms with van der Waals surface area (Å²) in [6.07, 6.45) is 22.7. The lowest BCUT2D eigenvalue weighted by atomic mass is 10.2. The monoisotopic (exact) mass is 1400 g/mol. The molecule has 4 aliphatic heterocycles. The van der Waals surface area contributed by atoms with E-state index in [0.29, 0.717) is 37.8 Å². The third-order valence-electron chi connectivity index (χ3n) is 17.8. The molecular formula is C64H91FN28O8. The Balaban J connectivity index is 0.000000157. The van der Waals surface area contributed by atoms with Gasteiger partial charge < -0.3 is 19.6 Å². The van der Waals surface area contributed by atoms with Crippen LogP contribution in [0.25, 0.3) is 0 Å². The maximum Gasteiger partial charge on any atom is 0.347 e. The van der Waals surface area contributed by atoms with E-state index >= 15 is 0 Å². The van der Waals surface area contributed by atoms with Crippen molar-refractivity contribution in [3.05, 3.63) is 181 Å². The highest BCUT2D eigenvalue weighted by atomic mass is 19.1. The fourth-order valence-corrected chi connectivity index (χ4v) is 11.7. The summed E-state index contributed by atoms with van der Waals surface area (Å²) in [5.41, 5.74) is -2.58. The molecule has 0 amide bonds. The number of aryl methyl sites for hydroxylation is 5. The highest BCUT2D eigenvalue weighted by Gasteiger charge is 2.23. The third-order valence-corrected chi connectivity index (χ3v) is 17.8. The number of piperazine rings is 4. The second kappa shape index (κ2) is 37.8. The zero-order valence-corrected chi connectivity index (χ0v) is 58.2. The van der Waals surface area contributed by atoms with Gasteiger partial charge in [-0.3, -0.25) is 57.0 Å². The van der Waals surface area contributed by atoms with Crippen LogP contribution in [0.3, 0.4) is 0 Å². The average Bonchev–Trinajstić information content (AvgIpc) is 0.867. The summed E-state index contributed by atoms with van der Waals surface area (Å²) in [4.78, 5) is 145. The van der Waals surface area contributed by atoms with Crippen molar-refractivity contribution < 1.29 is 4.39 Å². The molecule has 8 aromatic heterocycles. The van der Waals surface area contributed by atoms with Crippen molar-refractivity contribution in [3.8, 4) is 0 Å². The van der Waals surface area contributed by atoms with Crippen LogP contribution >= 0.6 is 0 Å². The van der Waals surface area contributed by atoms with E-state index in [1.807, 2.05) is 23.1 Å². The molecule has 0 N–H and O–H groups in total. The van der Waals surface area contributed by atoms with Crippen LogP contribution in [-0.2, 0) is 54.4 Å². The second-order valence-corrected chi connectivity index (χ2v) is 24.7. The Morgan fingerprint density at radius 2 is 0.574 bits per heavy atom. The molecule has 4 saturated heterocycles. The topological polar surface area (TPSA) is 357 Å². The Bertz CT molecular complexity index is 4370. The molecule has 0 unspecified atom stereocenters. The van der Waals surface area contributed by atoms with Gasteiger partial charge in [0.2, 0.25) is 23.8 Å². The summed E-state index contributed by atoms with van der Waals surface area (Å²) in [5.74, 6) is 2.49. The van der Waals surface area contributed by atoms with Crippen molar-refractivity contribution in [2.75, 3.05) is 150 Å². The summed E-state index contributed by atoms with van der Waals surface area (Å²) in [7, 11) is 5.88. The first-order chi connectivity index (χ1) is 48.9. The van der Waals surface area contributed by atoms with Crippen molar-refractivity contribution in [2.45, 2.75) is 78.0 Å². The van der Waals surface area contributed by atoms with E-state index in [4.69, 9.17) is 0 Å². The van der Waals surface area contributed by atoms with Crippen LogP contribution in [0.4, 0.5) is 28.2 Å². The van der Waals surface area contributed by atoms with Gasteiger partial charge in [0.25, 0.3) is 22.2 Å². The highest BCUT2D eigenvalue weighted by Crippen LogP contribution is 2.15. The SMILES string of the molecule is Cc1nn(CCCCN2CCN(c3ncccn3)CC2)c(=O)n(C)c1=O.Cn1c(=O)cnn(CCCCN2CCN(c3ncc(F)cn3)CC2)c1=O.Cn1c(=O)cnn(CCCCN2CCN(c3ncccn3)CC2)c1=O.Cn1c(=O)cnn(CCCN2CCN(c3ncccn3)CC2)c1=O. The van der Waals surface area contributed by atoms with Crippen LogP contribution < -0.4 is 64.6 Å². The first-order valence-corrected chi connectivity index (χ1v) is 34.1. The lowest BCUT2D eigenvalue weighted by Gasteiger charge is -2.34. The van der Waals surface area contributed by atoms with Crippen LogP contribution in [-0.4, -0.2) is 248 Å². The minimum absolute atomic E-state index is 0.327. The molecule has 0 atom stereocenters. The third kappa shape index (κ3) is 21.9. The number of aromatic nitrogens is 20. The summed E-state index contributed by atoms with van der Waals surface area (Å²) in [5, 5.41) is 15.8. The molecule has 37 heteroatoms. The van der Waals surface area contributed by atoms with Crippen LogP contribution in [0.1, 0.15) is 50.6 Å². The Kier molecular flexibility index (Phi) is 28.0. The van der Waals surface area contributed by atoms with E-state index in [1.54, 1.807) is 44.1 Å². The van der Waals surface area contributed by atoms with Gasteiger partial charge in [-0.05, 0) is 89.7 Å². The molecule has 12 heterocycles. The molecule has 4 aliphatic rings. The molecule has 0 aliphatic carbocycles. The molecule has 0 spiro atoms. The molecule has 542 valence electrons. The summed E-state index contributed by atoms with van der Waals surface area (Å²) in [6, 6.07) is 5.46. The number of rotatable bonds is 23. The molecule has 0 bridgehead atoms. The minimum atomic E-state index is -0.431. The summed E-state index contributed by atoms with van der Waals surface area (Å²) >= 11 is 0. The Morgan fingerprint density at radius 1 is 0.317 bits per heavy atom. The lowest BCUT2D eigenvalue weighted by Crippen LogP contribution is -2.47. The Hall–Kier alpha value is -10.3. The average molecular weight is 1400 g/mol. The van der Waals surface area contributed by atoms with Gasteiger partial charge in [-0.15, -0.1) is 0 Å². The molecule has 0 saturated carbocycles. The van der Waals surface area contributed by atoms with Crippen LogP contribution in [0, 0.1) is 12.7 Å². The normalized spacial score (nSPS) is 15.5. The molecule has 4 fully saturated rings. The lowest BCUT2D eigenvalue weighted by molar-refractivity contribution is 0.246. The predicted octanol–water partition coefficient (Wildman–Crippen LogP) is -2.60. The van der Waals surface area contributed by atoms with Crippen molar-refractivity contribution >= 4 is 23.8 Å². The van der Waals surface area contributed by atoms with Gasteiger partial charge in [0, 0.05) is 203 Å². The molecule has 36 nitrogen and oxygen atoms in total. The molecular weight excluding hydrogens is 1310 g/mol. The minimum Gasteiger partial charge on any atom is -0.338 e. The van der Waals surface area contributed by atoms with Gasteiger partial charge in [-0.1, -0.05) is 0 Å². The Morgan fingerprint density at radius 3 is 0.891 bits per heavy atom. The van der Waals surface area contributed by atoms with Crippen LogP contribution in [0.5, 0.6) is 0 Å². The van der Waals surface area contributed by atoms with Crippen molar-refractivity contribution in [2.24, 2.45) is 28.2 Å². The van der Waals surface area contributed by atoms with Gasteiger partial charge in [-0.25, -0.2) is 82.2 Å². The van der Waals surface area contributed by atoms with E-state index in [9.17, 15) is 42.7 Å². The van der Waals surface area contributed by atoms with Crippen molar-refractivity contribution in [3.63, 3.8) is 0 Å². The van der Waals surface area contributed by atoms with Gasteiger partial charge >= 0.3 is 22.8 Å². The first kappa shape index (κ1) is 74.9. The van der Waals surface area contributed by atoms with Crippen molar-refractivity contribution in [1.82, 2.24) is 117 Å². The fourth-order valence-electron chi connectivity index (χ4n) is 11.7. The smallest absolute Gasteiger partial charge is 0.338 e. The zero-order valence-electron chi connectivity index (χ0n) is 58.2. The molecule has 0 radical (unpaired) electrons. The van der Waals surface area contributed by atoms with Crippen LogP contribution in [0.2, 0.25) is 0 Å². The van der Waals surface area contributed by atoms with Gasteiger partial charge in [0.15, 0.2) is 5.82 Å². The largest absolute Gasteiger partial charge is 0.347 e. The first-order valence-electron chi connectivity index (χ1n) is 34.1. The summed E-state index contributed by atoms with van der Waals surface area (Å²) in [6.45, 7) is 22.2. The van der Waals surface area contributed by atoms with Crippen molar-refractivity contribution in [1.29, 1.82) is 0 Å². The number of unbranched alkanes of at least 4 members (excludes halogenated alkanes) is 3. The number of hydrogen-bond donors (Lipinski definition) is 0. The number of hydrogen-bond acceptors (Lipinski definition) is 28. The highest BCUT2D eigenvalue weighted by molar-refractivity contribution is 5.31. The maximum absolute atomic E-state index is 12.9. The van der Waals surface area contributed by atoms with Crippen LogP contribution in [0.15, 0.2) is 125 Å². The maximum atomic E-state index is 12.9. The van der Waals surface area contributed by atoms with E-state index < -0.39 is 11.4 Å². The zero-order chi connectivity index (χ0) is 71.6. The van der Waals surface area contributed by atoms with E-state index in [2.05, 4.69) is 94.6 Å². The quantitative estimate of drug-likeness (QED) is 0.0592. The Labute approximate surface area is 580 Å². The van der Waals surface area contributed by atoms with Gasteiger partial charge in [0.05, 0.1) is 12.4 Å². The standard InChI is InChI=1S/C17H25N7O2.C16H22FN7O2.C16H23N7O2.C15H21N7O2/c1-14-15(25)21(2)17(26)24(20-14)9-4-3-8-22-10-12-23(13-11-22)16-18-6-5-7-19-16;1-21-14(25)12-20-24(16(21)26)5-3-2-4-22-6-8-23(9-7-22)15-18-10-13(17)11-19-15;1-20-14(24)13-19-23(16(20)25)8-3-2-7-21-9-11-22(12-10-21)15-17-5-4-6-18-15;1-19-13(23)12-18-22(15(19)24)7-3-6-20-8-10-21(11-9-20)14-16-4-2-5-17-14/h5-7H,3-4,8-13H2,1-2H3;10-12H,2-9H2,1H3;4-6,13H,2-3,7-12H2,1H3;2,4-5,12H,3,6-11H2,1H3. The van der Waals surface area contributed by atoms with Gasteiger partial charge in [-0.2, -0.15) is 20.4 Å². The molecule has 12 rings (SSSR count). The second-order valence-electron chi connectivity index (χ2n) is 24.7. The number of anilines is 4. The fraction of sp³-hybridized carbons (Fsp3) is 0.562. The predicted molar refractivity (Wildman–Crippen MR) is 375 cm³/mol. The molecule has 101 heavy (non-hydrogen) atoms. The van der Waals surface area contributed by atoms with Gasteiger partial charge in [0.1, 0.15) is 24.3 Å².